The van der Waals surface area contributed by atoms with E-state index >= 15 is 0 Å². The highest BCUT2D eigenvalue weighted by atomic mass is 19.2. The predicted octanol–water partition coefficient (Wildman–Crippen LogP) is 1.99. The Balaban J connectivity index is 1.31. The van der Waals surface area contributed by atoms with Crippen molar-refractivity contribution in [3.8, 4) is 5.88 Å². The molecule has 0 saturated carbocycles. The topological polar surface area (TPSA) is 78.9 Å². The summed E-state index contributed by atoms with van der Waals surface area (Å²) in [5, 5.41) is 7.92. The molecule has 4 rings (SSSR count). The minimum absolute atomic E-state index is 0.0733. The minimum Gasteiger partial charge on any atom is -0.471 e. The van der Waals surface area contributed by atoms with Crippen LogP contribution in [0, 0.1) is 18.6 Å². The highest BCUT2D eigenvalue weighted by molar-refractivity contribution is 5.96. The largest absolute Gasteiger partial charge is 0.471 e. The molecule has 10 heteroatoms. The fraction of sp³-hybridized carbons (Fsp3) is 0.400. The monoisotopic (exact) mass is 417 g/mol. The highest BCUT2D eigenvalue weighted by Gasteiger charge is 2.34. The smallest absolute Gasteiger partial charge is 0.325 e. The average Bonchev–Trinajstić information content (AvgIpc) is 3.33. The molecule has 2 aliphatic heterocycles. The van der Waals surface area contributed by atoms with E-state index in [1.54, 1.807) is 17.0 Å². The molecule has 0 spiro atoms. The third-order valence-electron chi connectivity index (χ3n) is 5.19. The number of hydrogen-bond donors (Lipinski definition) is 0. The van der Waals surface area contributed by atoms with E-state index in [1.165, 1.54) is 15.9 Å². The first-order chi connectivity index (χ1) is 14.4. The van der Waals surface area contributed by atoms with Crippen LogP contribution < -0.4 is 9.64 Å². The average molecular weight is 417 g/mol. The van der Waals surface area contributed by atoms with Gasteiger partial charge in [0.05, 0.1) is 12.2 Å². The van der Waals surface area contributed by atoms with Crippen molar-refractivity contribution in [2.75, 3.05) is 37.6 Å². The molecular formula is C20H21F2N5O3. The fourth-order valence-electron chi connectivity index (χ4n) is 3.56. The maximum absolute atomic E-state index is 13.5. The number of benzene rings is 1. The minimum atomic E-state index is -1.02. The van der Waals surface area contributed by atoms with Crippen molar-refractivity contribution in [1.29, 1.82) is 0 Å². The summed E-state index contributed by atoms with van der Waals surface area (Å²) in [6.45, 7) is 3.32. The van der Waals surface area contributed by atoms with Gasteiger partial charge in [0.25, 0.3) is 0 Å². The van der Waals surface area contributed by atoms with E-state index in [0.29, 0.717) is 38.5 Å². The van der Waals surface area contributed by atoms with Crippen LogP contribution in [0.1, 0.15) is 12.1 Å². The van der Waals surface area contributed by atoms with Gasteiger partial charge >= 0.3 is 6.03 Å². The highest BCUT2D eigenvalue weighted by Crippen LogP contribution is 2.23. The van der Waals surface area contributed by atoms with Crippen LogP contribution >= 0.6 is 0 Å². The van der Waals surface area contributed by atoms with E-state index in [1.807, 2.05) is 6.92 Å². The SMILES string of the molecule is Cc1ccc(OC2CCN(C(=O)CN3CCN(c4ccc(F)c(F)c4)C3=O)C2)nn1. The van der Waals surface area contributed by atoms with Gasteiger partial charge in [0.1, 0.15) is 12.6 Å². The number of aromatic nitrogens is 2. The molecule has 2 fully saturated rings. The Kier molecular flexibility index (Phi) is 5.47. The van der Waals surface area contributed by atoms with E-state index in [-0.39, 0.29) is 24.2 Å². The van der Waals surface area contributed by atoms with E-state index in [9.17, 15) is 18.4 Å². The number of carbonyl (C=O) groups excluding carboxylic acids is 2. The molecule has 0 aliphatic carbocycles. The van der Waals surface area contributed by atoms with Crippen LogP contribution in [0.25, 0.3) is 0 Å². The summed E-state index contributed by atoms with van der Waals surface area (Å²) in [5.74, 6) is -1.76. The number of aryl methyl sites for hydroxylation is 1. The number of amides is 3. The van der Waals surface area contributed by atoms with Gasteiger partial charge in [-0.2, -0.15) is 5.10 Å². The van der Waals surface area contributed by atoms with Crippen LogP contribution in [0.2, 0.25) is 0 Å². The third kappa shape index (κ3) is 4.17. The Hall–Kier alpha value is -3.30. The van der Waals surface area contributed by atoms with Crippen LogP contribution in [0.3, 0.4) is 0 Å². The zero-order chi connectivity index (χ0) is 21.3. The third-order valence-corrected chi connectivity index (χ3v) is 5.19. The van der Waals surface area contributed by atoms with Gasteiger partial charge in [-0.1, -0.05) is 0 Å². The van der Waals surface area contributed by atoms with Gasteiger partial charge in [0, 0.05) is 43.9 Å². The van der Waals surface area contributed by atoms with Gasteiger partial charge in [0.2, 0.25) is 11.8 Å². The molecule has 2 aliphatic rings. The normalized spacial score (nSPS) is 19.0. The number of hydrogen-bond acceptors (Lipinski definition) is 5. The maximum Gasteiger partial charge on any atom is 0.325 e. The van der Waals surface area contributed by atoms with Crippen LogP contribution in [-0.2, 0) is 4.79 Å². The van der Waals surface area contributed by atoms with Crippen molar-refractivity contribution >= 4 is 17.6 Å². The number of halogens is 2. The van der Waals surface area contributed by atoms with Gasteiger partial charge in [0.15, 0.2) is 11.6 Å². The van der Waals surface area contributed by atoms with Crippen LogP contribution in [0.5, 0.6) is 5.88 Å². The van der Waals surface area contributed by atoms with Crippen molar-refractivity contribution in [3.05, 3.63) is 47.7 Å². The van der Waals surface area contributed by atoms with E-state index in [2.05, 4.69) is 10.2 Å². The lowest BCUT2D eigenvalue weighted by Crippen LogP contribution is -2.42. The molecule has 1 atom stereocenters. The molecule has 2 saturated heterocycles. The maximum atomic E-state index is 13.5. The number of ether oxygens (including phenoxy) is 1. The number of anilines is 1. The Labute approximate surface area is 172 Å². The molecule has 0 radical (unpaired) electrons. The number of nitrogens with zero attached hydrogens (tertiary/aromatic N) is 5. The first kappa shape index (κ1) is 20.0. The molecule has 1 aromatic carbocycles. The number of rotatable bonds is 5. The molecular weight excluding hydrogens is 396 g/mol. The second-order valence-corrected chi connectivity index (χ2v) is 7.34. The Morgan fingerprint density at radius 1 is 1.13 bits per heavy atom. The van der Waals surface area contributed by atoms with Crippen molar-refractivity contribution in [2.24, 2.45) is 0 Å². The number of urea groups is 1. The summed E-state index contributed by atoms with van der Waals surface area (Å²) < 4.78 is 32.4. The summed E-state index contributed by atoms with van der Waals surface area (Å²) in [5.41, 5.74) is 1.06. The first-order valence-corrected chi connectivity index (χ1v) is 9.67. The molecule has 8 nitrogen and oxygen atoms in total. The second-order valence-electron chi connectivity index (χ2n) is 7.34. The Morgan fingerprint density at radius 3 is 2.70 bits per heavy atom. The van der Waals surface area contributed by atoms with E-state index in [0.717, 1.165) is 17.8 Å². The summed E-state index contributed by atoms with van der Waals surface area (Å²) in [4.78, 5) is 29.7. The van der Waals surface area contributed by atoms with Crippen molar-refractivity contribution in [1.82, 2.24) is 20.0 Å². The van der Waals surface area contributed by atoms with E-state index in [4.69, 9.17) is 4.74 Å². The second kappa shape index (κ2) is 8.21. The molecule has 158 valence electrons. The first-order valence-electron chi connectivity index (χ1n) is 9.67. The summed E-state index contributed by atoms with van der Waals surface area (Å²) in [7, 11) is 0. The van der Waals surface area contributed by atoms with Crippen LogP contribution in [0.4, 0.5) is 19.3 Å². The van der Waals surface area contributed by atoms with Gasteiger partial charge in [-0.25, -0.2) is 13.6 Å². The number of carbonyl (C=O) groups is 2. The van der Waals surface area contributed by atoms with Gasteiger partial charge in [-0.15, -0.1) is 5.10 Å². The molecule has 3 amide bonds. The quantitative estimate of drug-likeness (QED) is 0.744. The number of likely N-dealkylation sites (tertiary alicyclic amines) is 1. The fourth-order valence-corrected chi connectivity index (χ4v) is 3.56. The lowest BCUT2D eigenvalue weighted by Gasteiger charge is -2.22. The van der Waals surface area contributed by atoms with Gasteiger partial charge < -0.3 is 14.5 Å². The Morgan fingerprint density at radius 2 is 1.97 bits per heavy atom. The molecule has 1 unspecified atom stereocenters. The lowest BCUT2D eigenvalue weighted by molar-refractivity contribution is -0.130. The molecule has 3 heterocycles. The summed E-state index contributed by atoms with van der Waals surface area (Å²) in [6, 6.07) is 6.44. The van der Waals surface area contributed by atoms with E-state index < -0.39 is 17.7 Å². The molecule has 2 aromatic rings. The molecule has 30 heavy (non-hydrogen) atoms. The summed E-state index contributed by atoms with van der Waals surface area (Å²) in [6.07, 6.45) is 0.481. The van der Waals surface area contributed by atoms with Crippen molar-refractivity contribution in [2.45, 2.75) is 19.4 Å². The van der Waals surface area contributed by atoms with Crippen molar-refractivity contribution in [3.63, 3.8) is 0 Å². The lowest BCUT2D eigenvalue weighted by atomic mass is 10.3. The van der Waals surface area contributed by atoms with Gasteiger partial charge in [-0.05, 0) is 25.1 Å². The summed E-state index contributed by atoms with van der Waals surface area (Å²) >= 11 is 0. The Bertz CT molecular complexity index is 956. The molecule has 0 N–H and O–H groups in total. The predicted molar refractivity (Wildman–Crippen MR) is 103 cm³/mol. The van der Waals surface area contributed by atoms with Gasteiger partial charge in [-0.3, -0.25) is 9.69 Å². The molecule has 1 aromatic heterocycles. The van der Waals surface area contributed by atoms with Crippen LogP contribution in [0.15, 0.2) is 30.3 Å². The standard InChI is InChI=1S/C20H21F2N5O3/c1-13-2-5-18(24-23-13)30-15-6-7-25(11-15)19(28)12-26-8-9-27(20(26)29)14-3-4-16(21)17(22)10-14/h2-5,10,15H,6-9,11-12H2,1H3. The zero-order valence-corrected chi connectivity index (χ0v) is 16.4. The molecule has 0 bridgehead atoms. The zero-order valence-electron chi connectivity index (χ0n) is 16.4. The van der Waals surface area contributed by atoms with Crippen molar-refractivity contribution < 1.29 is 23.1 Å². The van der Waals surface area contributed by atoms with Crippen LogP contribution in [-0.4, -0.2) is 70.8 Å².